The topological polar surface area (TPSA) is 76.9 Å². The van der Waals surface area contributed by atoms with E-state index in [9.17, 15) is 9.59 Å². The lowest BCUT2D eigenvalue weighted by Gasteiger charge is -2.33. The molecule has 5 rings (SSSR count). The highest BCUT2D eigenvalue weighted by Gasteiger charge is 2.25. The molecule has 0 radical (unpaired) electrons. The van der Waals surface area contributed by atoms with Gasteiger partial charge in [0.05, 0.1) is 44.1 Å². The lowest BCUT2D eigenvalue weighted by molar-refractivity contribution is 0.0548. The van der Waals surface area contributed by atoms with E-state index in [1.54, 1.807) is 17.0 Å². The summed E-state index contributed by atoms with van der Waals surface area (Å²) in [7, 11) is 3.29. The fourth-order valence-electron chi connectivity index (χ4n) is 4.42. The van der Waals surface area contributed by atoms with E-state index in [0.717, 1.165) is 33.3 Å². The van der Waals surface area contributed by atoms with Crippen LogP contribution in [-0.4, -0.2) is 60.1 Å². The van der Waals surface area contributed by atoms with Crippen molar-refractivity contribution in [3.05, 3.63) is 84.1 Å². The minimum Gasteiger partial charge on any atom is -0.465 e. The molecule has 8 heteroatoms. The lowest BCUT2D eigenvalue weighted by Crippen LogP contribution is -2.48. The van der Waals surface area contributed by atoms with Crippen molar-refractivity contribution in [3.63, 3.8) is 0 Å². The number of hydrogen-bond acceptors (Lipinski definition) is 5. The smallest absolute Gasteiger partial charge is 0.337 e. The van der Waals surface area contributed by atoms with E-state index < -0.39 is 0 Å². The molecular weight excluding hydrogens is 456 g/mol. The molecule has 0 spiro atoms. The molecule has 0 bridgehead atoms. The quantitative estimate of drug-likeness (QED) is 0.390. The van der Waals surface area contributed by atoms with E-state index in [0.29, 0.717) is 38.4 Å². The van der Waals surface area contributed by atoms with Crippen molar-refractivity contribution in [3.8, 4) is 11.1 Å². The molecule has 36 heavy (non-hydrogen) atoms. The van der Waals surface area contributed by atoms with Crippen molar-refractivity contribution in [2.45, 2.75) is 6.54 Å². The van der Waals surface area contributed by atoms with E-state index in [-0.39, 0.29) is 12.0 Å². The van der Waals surface area contributed by atoms with E-state index >= 15 is 0 Å². The molecule has 4 aromatic rings. The van der Waals surface area contributed by atoms with E-state index in [2.05, 4.69) is 23.3 Å². The predicted molar refractivity (Wildman–Crippen MR) is 138 cm³/mol. The summed E-state index contributed by atoms with van der Waals surface area (Å²) in [4.78, 5) is 29.1. The molecule has 1 aliphatic rings. The number of rotatable bonds is 5. The number of esters is 1. The van der Waals surface area contributed by atoms with Crippen LogP contribution in [0.1, 0.15) is 15.9 Å². The van der Waals surface area contributed by atoms with Crippen molar-refractivity contribution in [2.24, 2.45) is 7.05 Å². The Morgan fingerprint density at radius 2 is 1.75 bits per heavy atom. The summed E-state index contributed by atoms with van der Waals surface area (Å²) >= 11 is 0. The SMILES string of the molecule is COC(=O)c1ccc(CN(C(=O)N2CCOCC2)c2cccc(-c3ccc4cnn(C)c4c3)c2)cc1. The maximum absolute atomic E-state index is 13.7. The number of urea groups is 1. The van der Waals surface area contributed by atoms with Crippen molar-refractivity contribution in [1.29, 1.82) is 0 Å². The largest absolute Gasteiger partial charge is 0.465 e. The fraction of sp³-hybridized carbons (Fsp3) is 0.250. The third kappa shape index (κ3) is 4.81. The molecule has 1 saturated heterocycles. The average Bonchev–Trinajstić information content (AvgIpc) is 3.31. The highest BCUT2D eigenvalue weighted by molar-refractivity contribution is 5.93. The Labute approximate surface area is 209 Å². The van der Waals surface area contributed by atoms with Gasteiger partial charge in [0, 0.05) is 31.2 Å². The van der Waals surface area contributed by atoms with Gasteiger partial charge in [-0.15, -0.1) is 0 Å². The summed E-state index contributed by atoms with van der Waals surface area (Å²) < 4.78 is 12.1. The second-order valence-electron chi connectivity index (χ2n) is 8.75. The van der Waals surface area contributed by atoms with Crippen LogP contribution in [0.25, 0.3) is 22.0 Å². The number of amides is 2. The van der Waals surface area contributed by atoms with Crippen molar-refractivity contribution < 1.29 is 19.1 Å². The molecule has 0 saturated carbocycles. The molecule has 0 N–H and O–H groups in total. The molecule has 3 aromatic carbocycles. The third-order valence-electron chi connectivity index (χ3n) is 6.47. The van der Waals surface area contributed by atoms with Crippen LogP contribution >= 0.6 is 0 Å². The average molecular weight is 485 g/mol. The summed E-state index contributed by atoms with van der Waals surface area (Å²) in [5, 5.41) is 5.42. The van der Waals surface area contributed by atoms with Crippen LogP contribution in [0.15, 0.2) is 72.9 Å². The number of benzene rings is 3. The normalized spacial score (nSPS) is 13.6. The van der Waals surface area contributed by atoms with Crippen LogP contribution < -0.4 is 4.90 Å². The van der Waals surface area contributed by atoms with Crippen molar-refractivity contribution >= 4 is 28.6 Å². The zero-order valence-electron chi connectivity index (χ0n) is 20.4. The summed E-state index contributed by atoms with van der Waals surface area (Å²) in [5.74, 6) is -0.388. The van der Waals surface area contributed by atoms with Crippen LogP contribution in [-0.2, 0) is 23.1 Å². The van der Waals surface area contributed by atoms with Crippen LogP contribution in [0.3, 0.4) is 0 Å². The lowest BCUT2D eigenvalue weighted by atomic mass is 10.0. The monoisotopic (exact) mass is 484 g/mol. The van der Waals surface area contributed by atoms with Gasteiger partial charge >= 0.3 is 12.0 Å². The predicted octanol–water partition coefficient (Wildman–Crippen LogP) is 4.49. The summed E-state index contributed by atoms with van der Waals surface area (Å²) in [6, 6.07) is 21.3. The number of carbonyl (C=O) groups is 2. The number of ether oxygens (including phenoxy) is 2. The highest BCUT2D eigenvalue weighted by Crippen LogP contribution is 2.29. The second kappa shape index (κ2) is 10.2. The zero-order chi connectivity index (χ0) is 25.1. The molecule has 1 aliphatic heterocycles. The van der Waals surface area contributed by atoms with Gasteiger partial charge in [-0.05, 0) is 47.0 Å². The number of aromatic nitrogens is 2. The van der Waals surface area contributed by atoms with Crippen molar-refractivity contribution in [1.82, 2.24) is 14.7 Å². The maximum atomic E-state index is 13.7. The van der Waals surface area contributed by atoms with E-state index in [4.69, 9.17) is 9.47 Å². The Hall–Kier alpha value is -4.17. The van der Waals surface area contributed by atoms with Gasteiger partial charge in [-0.25, -0.2) is 9.59 Å². The number of methoxy groups -OCH3 is 1. The fourth-order valence-corrected chi connectivity index (χ4v) is 4.42. The van der Waals surface area contributed by atoms with Crippen LogP contribution in [0.4, 0.5) is 10.5 Å². The molecule has 2 amide bonds. The Morgan fingerprint density at radius 1 is 1.00 bits per heavy atom. The number of nitrogens with zero attached hydrogens (tertiary/aromatic N) is 4. The van der Waals surface area contributed by atoms with Crippen molar-refractivity contribution in [2.75, 3.05) is 38.3 Å². The highest BCUT2D eigenvalue weighted by atomic mass is 16.5. The molecule has 1 aromatic heterocycles. The molecular formula is C28H28N4O4. The number of fused-ring (bicyclic) bond motifs is 1. The van der Waals surface area contributed by atoms with Crippen LogP contribution in [0.2, 0.25) is 0 Å². The molecule has 184 valence electrons. The molecule has 2 heterocycles. The van der Waals surface area contributed by atoms with Crippen LogP contribution in [0.5, 0.6) is 0 Å². The van der Waals surface area contributed by atoms with E-state index in [1.807, 2.05) is 59.2 Å². The standard InChI is InChI=1S/C28H28N4O4/c1-30-26-17-23(10-11-24(26)18-29-30)22-4-3-5-25(16-22)32(28(34)31-12-14-36-15-13-31)19-20-6-8-21(9-7-20)27(33)35-2/h3-11,16-18H,12-15,19H2,1-2H3. The first-order chi connectivity index (χ1) is 17.5. The first-order valence-corrected chi connectivity index (χ1v) is 11.9. The van der Waals surface area contributed by atoms with E-state index in [1.165, 1.54) is 7.11 Å². The third-order valence-corrected chi connectivity index (χ3v) is 6.47. The van der Waals surface area contributed by atoms with Gasteiger partial charge in [-0.1, -0.05) is 36.4 Å². The molecule has 1 fully saturated rings. The van der Waals surface area contributed by atoms with Gasteiger partial charge in [0.25, 0.3) is 0 Å². The minimum atomic E-state index is -0.388. The number of morpholine rings is 1. The number of aryl methyl sites for hydroxylation is 1. The Morgan fingerprint density at radius 3 is 2.50 bits per heavy atom. The first-order valence-electron chi connectivity index (χ1n) is 11.9. The first kappa shape index (κ1) is 23.6. The van der Waals surface area contributed by atoms with Crippen LogP contribution in [0, 0.1) is 0 Å². The van der Waals surface area contributed by atoms with Gasteiger partial charge in [-0.3, -0.25) is 9.58 Å². The summed E-state index contributed by atoms with van der Waals surface area (Å²) in [6.07, 6.45) is 1.85. The van der Waals surface area contributed by atoms with Gasteiger partial charge in [0.1, 0.15) is 0 Å². The van der Waals surface area contributed by atoms with Gasteiger partial charge in [0.2, 0.25) is 0 Å². The number of carbonyl (C=O) groups excluding carboxylic acids is 2. The minimum absolute atomic E-state index is 0.0745. The number of anilines is 1. The summed E-state index contributed by atoms with van der Waals surface area (Å²) in [6.45, 7) is 2.51. The zero-order valence-corrected chi connectivity index (χ0v) is 20.4. The Bertz CT molecular complexity index is 1390. The van der Waals surface area contributed by atoms with Gasteiger partial charge in [0.15, 0.2) is 0 Å². The second-order valence-corrected chi connectivity index (χ2v) is 8.75. The van der Waals surface area contributed by atoms with Gasteiger partial charge in [-0.2, -0.15) is 5.10 Å². The Kier molecular flexibility index (Phi) is 6.69. The molecule has 0 atom stereocenters. The summed E-state index contributed by atoms with van der Waals surface area (Å²) in [5.41, 5.74) is 5.28. The number of hydrogen-bond donors (Lipinski definition) is 0. The maximum Gasteiger partial charge on any atom is 0.337 e. The molecule has 0 aliphatic carbocycles. The molecule has 0 unspecified atom stereocenters. The molecule has 8 nitrogen and oxygen atoms in total. The van der Waals surface area contributed by atoms with Gasteiger partial charge < -0.3 is 14.4 Å². The Balaban J connectivity index is 1.49.